The molecule has 1 aromatic rings. The van der Waals surface area contributed by atoms with E-state index >= 15 is 0 Å². The van der Waals surface area contributed by atoms with Gasteiger partial charge in [0.1, 0.15) is 11.6 Å². The highest BCUT2D eigenvalue weighted by atomic mass is 79.9. The summed E-state index contributed by atoms with van der Waals surface area (Å²) in [5.41, 5.74) is 1.08. The van der Waals surface area contributed by atoms with Crippen LogP contribution >= 0.6 is 15.9 Å². The normalized spacial score (nSPS) is 9.93. The predicted molar refractivity (Wildman–Crippen MR) is 59.0 cm³/mol. The fraction of sp³-hybridized carbons (Fsp3) is 0.273. The third-order valence-corrected chi connectivity index (χ3v) is 2.30. The van der Waals surface area contributed by atoms with Crippen molar-refractivity contribution < 1.29 is 9.13 Å². The molecule has 1 nitrogen and oxygen atoms in total. The van der Waals surface area contributed by atoms with Gasteiger partial charge in [0.2, 0.25) is 0 Å². The van der Waals surface area contributed by atoms with Gasteiger partial charge in [-0.1, -0.05) is 5.57 Å². The van der Waals surface area contributed by atoms with E-state index in [-0.39, 0.29) is 5.82 Å². The maximum Gasteiger partial charge on any atom is 0.137 e. The number of hydrogen-bond acceptors (Lipinski definition) is 1. The first-order valence-electron chi connectivity index (χ1n) is 4.32. The Bertz CT molecular complexity index is 336. The van der Waals surface area contributed by atoms with Crippen molar-refractivity contribution in [3.05, 3.63) is 40.6 Å². The number of ether oxygens (including phenoxy) is 1. The van der Waals surface area contributed by atoms with E-state index in [0.29, 0.717) is 16.8 Å². The maximum atomic E-state index is 12.8. The van der Waals surface area contributed by atoms with Crippen LogP contribution in [0.4, 0.5) is 4.39 Å². The van der Waals surface area contributed by atoms with Gasteiger partial charge in [-0.05, 0) is 41.1 Å². The quantitative estimate of drug-likeness (QED) is 0.744. The van der Waals surface area contributed by atoms with Gasteiger partial charge < -0.3 is 4.74 Å². The average Bonchev–Trinajstić information content (AvgIpc) is 2.10. The van der Waals surface area contributed by atoms with Crippen LogP contribution < -0.4 is 4.74 Å². The van der Waals surface area contributed by atoms with Gasteiger partial charge in [-0.25, -0.2) is 4.39 Å². The highest BCUT2D eigenvalue weighted by Gasteiger charge is 2.00. The second-order valence-corrected chi connectivity index (χ2v) is 3.99. The first-order chi connectivity index (χ1) is 6.59. The molecule has 0 unspecified atom stereocenters. The second-order valence-electron chi connectivity index (χ2n) is 3.13. The third kappa shape index (κ3) is 3.50. The zero-order valence-electron chi connectivity index (χ0n) is 8.02. The average molecular weight is 259 g/mol. The summed E-state index contributed by atoms with van der Waals surface area (Å²) in [5.74, 6) is 0.386. The largest absolute Gasteiger partial charge is 0.493 e. The lowest BCUT2D eigenvalue weighted by Crippen LogP contribution is -1.97. The molecule has 1 rings (SSSR count). The Morgan fingerprint density at radius 1 is 1.57 bits per heavy atom. The molecule has 0 saturated heterocycles. The molecule has 0 fully saturated rings. The summed E-state index contributed by atoms with van der Waals surface area (Å²) in [7, 11) is 0. The summed E-state index contributed by atoms with van der Waals surface area (Å²) in [6.45, 7) is 6.29. The standard InChI is InChI=1S/C11H12BrFO/c1-8(2)5-6-14-9-3-4-11(13)10(12)7-9/h3-4,7H,1,5-6H2,2H3. The fourth-order valence-electron chi connectivity index (χ4n) is 0.910. The van der Waals surface area contributed by atoms with Crippen LogP contribution in [0, 0.1) is 5.82 Å². The molecule has 0 bridgehead atoms. The molecule has 76 valence electrons. The van der Waals surface area contributed by atoms with Crippen molar-refractivity contribution in [2.75, 3.05) is 6.61 Å². The van der Waals surface area contributed by atoms with Crippen LogP contribution in [0.15, 0.2) is 34.8 Å². The predicted octanol–water partition coefficient (Wildman–Crippen LogP) is 3.93. The van der Waals surface area contributed by atoms with E-state index in [0.717, 1.165) is 12.0 Å². The number of benzene rings is 1. The Morgan fingerprint density at radius 3 is 2.86 bits per heavy atom. The molecule has 0 N–H and O–H groups in total. The van der Waals surface area contributed by atoms with E-state index < -0.39 is 0 Å². The third-order valence-electron chi connectivity index (χ3n) is 1.69. The van der Waals surface area contributed by atoms with Crippen LogP contribution in [-0.4, -0.2) is 6.61 Å². The molecule has 14 heavy (non-hydrogen) atoms. The van der Waals surface area contributed by atoms with E-state index in [4.69, 9.17) is 4.74 Å². The molecule has 0 aromatic heterocycles. The van der Waals surface area contributed by atoms with Crippen LogP contribution in [0.5, 0.6) is 5.75 Å². The molecule has 0 heterocycles. The van der Waals surface area contributed by atoms with Crippen LogP contribution in [0.25, 0.3) is 0 Å². The molecular formula is C11H12BrFO. The van der Waals surface area contributed by atoms with Crippen molar-refractivity contribution in [2.24, 2.45) is 0 Å². The Kier molecular flexibility index (Phi) is 4.14. The van der Waals surface area contributed by atoms with E-state index in [2.05, 4.69) is 22.5 Å². The van der Waals surface area contributed by atoms with Crippen molar-refractivity contribution in [1.82, 2.24) is 0 Å². The van der Waals surface area contributed by atoms with E-state index in [1.165, 1.54) is 6.07 Å². The monoisotopic (exact) mass is 258 g/mol. The van der Waals surface area contributed by atoms with E-state index in [1.54, 1.807) is 12.1 Å². The first-order valence-corrected chi connectivity index (χ1v) is 5.11. The second kappa shape index (κ2) is 5.15. The lowest BCUT2D eigenvalue weighted by atomic mass is 10.2. The molecule has 0 aliphatic carbocycles. The van der Waals surface area contributed by atoms with E-state index in [1.807, 2.05) is 6.92 Å². The van der Waals surface area contributed by atoms with Crippen molar-refractivity contribution in [3.8, 4) is 5.75 Å². The van der Waals surface area contributed by atoms with Gasteiger partial charge in [0.15, 0.2) is 0 Å². The van der Waals surface area contributed by atoms with Gasteiger partial charge in [0.25, 0.3) is 0 Å². The van der Waals surface area contributed by atoms with Crippen LogP contribution in [0.3, 0.4) is 0 Å². The minimum Gasteiger partial charge on any atom is -0.493 e. The Balaban J connectivity index is 2.51. The van der Waals surface area contributed by atoms with Crippen molar-refractivity contribution in [1.29, 1.82) is 0 Å². The molecule has 0 aliphatic rings. The van der Waals surface area contributed by atoms with Gasteiger partial charge in [0.05, 0.1) is 11.1 Å². The lowest BCUT2D eigenvalue weighted by Gasteiger charge is -2.06. The van der Waals surface area contributed by atoms with Crippen LogP contribution in [-0.2, 0) is 0 Å². The number of rotatable bonds is 4. The zero-order chi connectivity index (χ0) is 10.6. The number of halogens is 2. The molecule has 0 amide bonds. The summed E-state index contributed by atoms with van der Waals surface area (Å²) in [5, 5.41) is 0. The minimum atomic E-state index is -0.280. The molecule has 0 saturated carbocycles. The van der Waals surface area contributed by atoms with Gasteiger partial charge >= 0.3 is 0 Å². The maximum absolute atomic E-state index is 12.8. The van der Waals surface area contributed by atoms with Crippen molar-refractivity contribution in [2.45, 2.75) is 13.3 Å². The fourth-order valence-corrected chi connectivity index (χ4v) is 1.27. The van der Waals surface area contributed by atoms with Crippen LogP contribution in [0.2, 0.25) is 0 Å². The summed E-state index contributed by atoms with van der Waals surface area (Å²) in [6.07, 6.45) is 0.814. The minimum absolute atomic E-state index is 0.280. The smallest absolute Gasteiger partial charge is 0.137 e. The van der Waals surface area contributed by atoms with Gasteiger partial charge in [-0.15, -0.1) is 6.58 Å². The van der Waals surface area contributed by atoms with Crippen molar-refractivity contribution >= 4 is 15.9 Å². The van der Waals surface area contributed by atoms with Crippen LogP contribution in [0.1, 0.15) is 13.3 Å². The first kappa shape index (κ1) is 11.2. The molecule has 1 aromatic carbocycles. The summed E-state index contributed by atoms with van der Waals surface area (Å²) in [4.78, 5) is 0. The van der Waals surface area contributed by atoms with Crippen molar-refractivity contribution in [3.63, 3.8) is 0 Å². The zero-order valence-corrected chi connectivity index (χ0v) is 9.60. The summed E-state index contributed by atoms with van der Waals surface area (Å²) >= 11 is 3.09. The number of hydrogen-bond donors (Lipinski definition) is 0. The Hall–Kier alpha value is -0.830. The highest BCUT2D eigenvalue weighted by Crippen LogP contribution is 2.21. The van der Waals surface area contributed by atoms with Gasteiger partial charge in [-0.2, -0.15) is 0 Å². The Labute approximate surface area is 91.7 Å². The molecule has 3 heteroatoms. The Morgan fingerprint density at radius 2 is 2.29 bits per heavy atom. The molecule has 0 atom stereocenters. The molecular weight excluding hydrogens is 247 g/mol. The molecule has 0 aliphatic heterocycles. The highest BCUT2D eigenvalue weighted by molar-refractivity contribution is 9.10. The molecule has 0 spiro atoms. The van der Waals surface area contributed by atoms with Gasteiger partial charge in [0, 0.05) is 6.42 Å². The molecule has 0 radical (unpaired) electrons. The van der Waals surface area contributed by atoms with E-state index in [9.17, 15) is 4.39 Å². The summed E-state index contributed by atoms with van der Waals surface area (Å²) in [6, 6.07) is 4.60. The summed E-state index contributed by atoms with van der Waals surface area (Å²) < 4.78 is 18.6. The topological polar surface area (TPSA) is 9.23 Å². The lowest BCUT2D eigenvalue weighted by molar-refractivity contribution is 0.321. The van der Waals surface area contributed by atoms with Gasteiger partial charge in [-0.3, -0.25) is 0 Å². The SMILES string of the molecule is C=C(C)CCOc1ccc(F)c(Br)c1.